The lowest BCUT2D eigenvalue weighted by atomic mass is 10.2. The minimum atomic E-state index is -0.463. The van der Waals surface area contributed by atoms with Gasteiger partial charge in [0.1, 0.15) is 17.9 Å². The lowest BCUT2D eigenvalue weighted by Crippen LogP contribution is -2.19. The molecule has 5 aromatic rings. The predicted octanol–water partition coefficient (Wildman–Crippen LogP) is 6.83. The van der Waals surface area contributed by atoms with Crippen LogP contribution in [-0.2, 0) is 0 Å². The number of aryl methyl sites for hydroxylation is 1. The molecule has 0 aliphatic heterocycles. The fourth-order valence-corrected chi connectivity index (χ4v) is 4.27. The second-order valence-electron chi connectivity index (χ2n) is 7.99. The number of halogens is 2. The number of urea groups is 1. The molecule has 0 radical (unpaired) electrons. The number of nitrogens with zero attached hydrogens (tertiary/aromatic N) is 4. The summed E-state index contributed by atoms with van der Waals surface area (Å²) >= 11 is 12.2. The van der Waals surface area contributed by atoms with Crippen LogP contribution in [0.15, 0.2) is 73.1 Å². The molecule has 0 aliphatic rings. The van der Waals surface area contributed by atoms with Gasteiger partial charge in [0.15, 0.2) is 5.65 Å². The van der Waals surface area contributed by atoms with Crippen molar-refractivity contribution in [3.8, 4) is 11.4 Å². The number of aromatic nitrogens is 4. The normalized spacial score (nSPS) is 10.8. The van der Waals surface area contributed by atoms with E-state index < -0.39 is 6.03 Å². The summed E-state index contributed by atoms with van der Waals surface area (Å²) in [7, 11) is 1.63. The molecule has 37 heavy (non-hydrogen) atoms. The standard InChI is InChI=1S/C26H21Cl2N7O2/c1-15-22-24(29-14-30-25(22)35(34-15)18-10-12-19(37-2)13-11-18)31-16-6-8-17(9-7-16)32-26(36)33-23-20(27)4-3-5-21(23)28/h3-14H,1-2H3,(H,29,30,31)(H2,32,33,36). The Morgan fingerprint density at radius 3 is 2.24 bits per heavy atom. The highest BCUT2D eigenvalue weighted by Gasteiger charge is 2.16. The first kappa shape index (κ1) is 24.4. The number of carbonyl (C=O) groups excluding carboxylic acids is 1. The van der Waals surface area contributed by atoms with Gasteiger partial charge in [0, 0.05) is 11.4 Å². The molecule has 0 aliphatic carbocycles. The highest BCUT2D eigenvalue weighted by Crippen LogP contribution is 2.31. The van der Waals surface area contributed by atoms with E-state index in [9.17, 15) is 4.79 Å². The van der Waals surface area contributed by atoms with Crippen LogP contribution in [0, 0.1) is 6.92 Å². The molecule has 9 nitrogen and oxygen atoms in total. The van der Waals surface area contributed by atoms with Gasteiger partial charge in [0.25, 0.3) is 0 Å². The Hall–Kier alpha value is -4.34. The van der Waals surface area contributed by atoms with Crippen molar-refractivity contribution in [2.24, 2.45) is 0 Å². The molecule has 3 aromatic carbocycles. The van der Waals surface area contributed by atoms with Gasteiger partial charge in [-0.1, -0.05) is 29.3 Å². The zero-order chi connectivity index (χ0) is 25.9. The number of methoxy groups -OCH3 is 1. The highest BCUT2D eigenvalue weighted by molar-refractivity contribution is 6.39. The molecule has 0 bridgehead atoms. The van der Waals surface area contributed by atoms with E-state index in [4.69, 9.17) is 27.9 Å². The number of benzene rings is 3. The summed E-state index contributed by atoms with van der Waals surface area (Å²) in [4.78, 5) is 21.3. The third-order valence-corrected chi connectivity index (χ3v) is 6.19. The van der Waals surface area contributed by atoms with Crippen molar-refractivity contribution in [2.45, 2.75) is 6.92 Å². The Bertz CT molecular complexity index is 1570. The first-order valence-corrected chi connectivity index (χ1v) is 11.9. The highest BCUT2D eigenvalue weighted by atomic mass is 35.5. The fraction of sp³-hybridized carbons (Fsp3) is 0.0769. The maximum Gasteiger partial charge on any atom is 0.323 e. The smallest absolute Gasteiger partial charge is 0.323 e. The number of ether oxygens (including phenoxy) is 1. The van der Waals surface area contributed by atoms with E-state index in [-0.39, 0.29) is 0 Å². The number of amides is 2. The molecule has 2 amide bonds. The van der Waals surface area contributed by atoms with E-state index in [1.54, 1.807) is 42.1 Å². The fourth-order valence-electron chi connectivity index (χ4n) is 3.78. The van der Waals surface area contributed by atoms with Crippen molar-refractivity contribution in [2.75, 3.05) is 23.1 Å². The van der Waals surface area contributed by atoms with Gasteiger partial charge in [-0.2, -0.15) is 5.10 Å². The van der Waals surface area contributed by atoms with Crippen molar-refractivity contribution in [3.05, 3.63) is 88.8 Å². The summed E-state index contributed by atoms with van der Waals surface area (Å²) in [6, 6.07) is 19.3. The van der Waals surface area contributed by atoms with Gasteiger partial charge in [-0.15, -0.1) is 0 Å². The van der Waals surface area contributed by atoms with Crippen LogP contribution in [0.5, 0.6) is 5.75 Å². The van der Waals surface area contributed by atoms with E-state index in [0.717, 1.165) is 28.2 Å². The lowest BCUT2D eigenvalue weighted by molar-refractivity contribution is 0.262. The number of rotatable bonds is 6. The molecular weight excluding hydrogens is 513 g/mol. The molecule has 0 unspecified atom stereocenters. The summed E-state index contributed by atoms with van der Waals surface area (Å²) in [5.41, 5.74) is 4.02. The zero-order valence-corrected chi connectivity index (χ0v) is 21.3. The van der Waals surface area contributed by atoms with Gasteiger partial charge in [0.2, 0.25) is 0 Å². The van der Waals surface area contributed by atoms with Crippen LogP contribution in [0.4, 0.5) is 27.7 Å². The quantitative estimate of drug-likeness (QED) is 0.221. The first-order valence-electron chi connectivity index (χ1n) is 11.2. The monoisotopic (exact) mass is 533 g/mol. The maximum absolute atomic E-state index is 12.4. The van der Waals surface area contributed by atoms with Crippen LogP contribution in [-0.4, -0.2) is 32.9 Å². The second kappa shape index (κ2) is 10.3. The molecule has 0 spiro atoms. The van der Waals surface area contributed by atoms with Crippen molar-refractivity contribution >= 4 is 63.1 Å². The minimum absolute atomic E-state index is 0.347. The van der Waals surface area contributed by atoms with Gasteiger partial charge in [-0.25, -0.2) is 19.4 Å². The summed E-state index contributed by atoms with van der Waals surface area (Å²) < 4.78 is 7.02. The SMILES string of the molecule is COc1ccc(-n2nc(C)c3c(Nc4ccc(NC(=O)Nc5c(Cl)cccc5Cl)cc4)ncnc32)cc1. The van der Waals surface area contributed by atoms with Gasteiger partial charge in [-0.3, -0.25) is 0 Å². The average molecular weight is 534 g/mol. The number of carbonyl (C=O) groups is 1. The molecule has 186 valence electrons. The molecule has 0 saturated heterocycles. The Kier molecular flexibility index (Phi) is 6.80. The zero-order valence-electron chi connectivity index (χ0n) is 19.8. The summed E-state index contributed by atoms with van der Waals surface area (Å²) in [6.07, 6.45) is 1.49. The average Bonchev–Trinajstić information content (AvgIpc) is 3.25. The second-order valence-corrected chi connectivity index (χ2v) is 8.81. The lowest BCUT2D eigenvalue weighted by Gasteiger charge is -2.11. The third kappa shape index (κ3) is 5.13. The molecule has 11 heteroatoms. The summed E-state index contributed by atoms with van der Waals surface area (Å²) in [6.45, 7) is 1.91. The molecule has 0 atom stereocenters. The van der Waals surface area contributed by atoms with Crippen LogP contribution in [0.25, 0.3) is 16.7 Å². The van der Waals surface area contributed by atoms with Gasteiger partial charge in [-0.05, 0) is 67.6 Å². The van der Waals surface area contributed by atoms with Crippen molar-refractivity contribution < 1.29 is 9.53 Å². The van der Waals surface area contributed by atoms with Crippen LogP contribution in [0.2, 0.25) is 10.0 Å². The van der Waals surface area contributed by atoms with Crippen LogP contribution in [0.3, 0.4) is 0 Å². The third-order valence-electron chi connectivity index (χ3n) is 5.56. The van der Waals surface area contributed by atoms with Gasteiger partial charge >= 0.3 is 6.03 Å². The largest absolute Gasteiger partial charge is 0.497 e. The van der Waals surface area contributed by atoms with E-state index in [1.165, 1.54) is 6.33 Å². The topological polar surface area (TPSA) is 106 Å². The maximum atomic E-state index is 12.4. The molecule has 2 heterocycles. The Labute approximate surface area is 222 Å². The van der Waals surface area contributed by atoms with Gasteiger partial charge in [0.05, 0.1) is 39.6 Å². The Morgan fingerprint density at radius 2 is 1.57 bits per heavy atom. The van der Waals surface area contributed by atoms with Crippen LogP contribution >= 0.6 is 23.2 Å². The minimum Gasteiger partial charge on any atom is -0.497 e. The Morgan fingerprint density at radius 1 is 0.892 bits per heavy atom. The Balaban J connectivity index is 1.33. The van der Waals surface area contributed by atoms with Crippen LogP contribution < -0.4 is 20.7 Å². The van der Waals surface area contributed by atoms with Gasteiger partial charge < -0.3 is 20.7 Å². The number of hydrogen-bond donors (Lipinski definition) is 3. The van der Waals surface area contributed by atoms with Crippen molar-refractivity contribution in [1.29, 1.82) is 0 Å². The molecule has 3 N–H and O–H groups in total. The number of nitrogens with one attached hydrogen (secondary N) is 3. The van der Waals surface area contributed by atoms with E-state index in [1.807, 2.05) is 43.3 Å². The van der Waals surface area contributed by atoms with E-state index >= 15 is 0 Å². The number of hydrogen-bond acceptors (Lipinski definition) is 6. The summed E-state index contributed by atoms with van der Waals surface area (Å²) in [5, 5.41) is 14.9. The van der Waals surface area contributed by atoms with E-state index in [2.05, 4.69) is 31.0 Å². The number of anilines is 4. The van der Waals surface area contributed by atoms with Crippen molar-refractivity contribution in [3.63, 3.8) is 0 Å². The predicted molar refractivity (Wildman–Crippen MR) is 147 cm³/mol. The van der Waals surface area contributed by atoms with Crippen molar-refractivity contribution in [1.82, 2.24) is 19.7 Å². The molecule has 0 saturated carbocycles. The van der Waals surface area contributed by atoms with E-state index in [0.29, 0.717) is 32.9 Å². The summed E-state index contributed by atoms with van der Waals surface area (Å²) in [5.74, 6) is 1.38. The number of para-hydroxylation sites is 1. The molecule has 5 rings (SSSR count). The van der Waals surface area contributed by atoms with Crippen LogP contribution in [0.1, 0.15) is 5.69 Å². The number of fused-ring (bicyclic) bond motifs is 1. The first-order chi connectivity index (χ1) is 17.9. The molecular formula is C26H21Cl2N7O2. The molecule has 0 fully saturated rings. The molecule has 2 aromatic heterocycles.